The molecule has 4 rings (SSSR count). The lowest BCUT2D eigenvalue weighted by Gasteiger charge is -2.22. The van der Waals surface area contributed by atoms with Crippen LogP contribution in [0.3, 0.4) is 0 Å². The van der Waals surface area contributed by atoms with Crippen LogP contribution in [0.2, 0.25) is 0 Å². The van der Waals surface area contributed by atoms with Crippen molar-refractivity contribution < 1.29 is 31.8 Å². The van der Waals surface area contributed by atoms with E-state index in [1.807, 2.05) is 6.07 Å². The largest absolute Gasteiger partial charge is 0.494 e. The van der Waals surface area contributed by atoms with Crippen LogP contribution in [0.1, 0.15) is 24.8 Å². The molecule has 0 spiro atoms. The van der Waals surface area contributed by atoms with Crippen molar-refractivity contribution in [2.45, 2.75) is 25.8 Å². The molecule has 0 unspecified atom stereocenters. The van der Waals surface area contributed by atoms with E-state index in [1.54, 1.807) is 54.6 Å². The molecular formula is C28H29NO8S. The van der Waals surface area contributed by atoms with E-state index in [9.17, 15) is 18.0 Å². The first-order valence-corrected chi connectivity index (χ1v) is 13.9. The lowest BCUT2D eigenvalue weighted by Crippen LogP contribution is -2.35. The predicted octanol–water partition coefficient (Wildman–Crippen LogP) is 4.50. The number of methoxy groups -OCH3 is 2. The molecule has 0 aliphatic carbocycles. The highest BCUT2D eigenvalue weighted by atomic mass is 32.2. The van der Waals surface area contributed by atoms with Gasteiger partial charge in [0.1, 0.15) is 16.9 Å². The van der Waals surface area contributed by atoms with Gasteiger partial charge in [0.25, 0.3) is 0 Å². The Labute approximate surface area is 220 Å². The zero-order valence-electron chi connectivity index (χ0n) is 21.4. The van der Waals surface area contributed by atoms with Crippen LogP contribution in [-0.4, -0.2) is 45.7 Å². The van der Waals surface area contributed by atoms with E-state index in [1.165, 1.54) is 14.2 Å². The third-order valence-electron chi connectivity index (χ3n) is 6.08. The Hall–Kier alpha value is -4.05. The number of amides is 1. The number of rotatable bonds is 11. The summed E-state index contributed by atoms with van der Waals surface area (Å²) >= 11 is 0. The van der Waals surface area contributed by atoms with Gasteiger partial charge in [-0.05, 0) is 49.2 Å². The van der Waals surface area contributed by atoms with Gasteiger partial charge in [0.15, 0.2) is 11.5 Å². The van der Waals surface area contributed by atoms with E-state index < -0.39 is 15.9 Å². The van der Waals surface area contributed by atoms with Gasteiger partial charge in [-0.3, -0.25) is 9.59 Å². The highest BCUT2D eigenvalue weighted by Gasteiger charge is 2.25. The fourth-order valence-corrected chi connectivity index (χ4v) is 5.02. The molecule has 1 heterocycles. The molecule has 3 aromatic carbocycles. The van der Waals surface area contributed by atoms with Crippen molar-refractivity contribution in [3.63, 3.8) is 0 Å². The smallest absolute Gasteiger partial charge is 0.236 e. The Morgan fingerprint density at radius 1 is 0.921 bits per heavy atom. The molecule has 1 aromatic heterocycles. The van der Waals surface area contributed by atoms with Gasteiger partial charge in [0, 0.05) is 12.0 Å². The van der Waals surface area contributed by atoms with Gasteiger partial charge >= 0.3 is 0 Å². The Morgan fingerprint density at radius 2 is 1.68 bits per heavy atom. The number of ether oxygens (including phenoxy) is 3. The summed E-state index contributed by atoms with van der Waals surface area (Å²) in [6.07, 6.45) is 1.95. The first-order valence-electron chi connectivity index (χ1n) is 12.0. The number of sulfonamides is 1. The number of hydrogen-bond donors (Lipinski definition) is 0. The summed E-state index contributed by atoms with van der Waals surface area (Å²) in [6, 6.07) is 17.2. The van der Waals surface area contributed by atoms with E-state index in [0.29, 0.717) is 64.2 Å². The van der Waals surface area contributed by atoms with Crippen LogP contribution in [0.4, 0.5) is 0 Å². The third-order valence-corrected chi connectivity index (χ3v) is 7.21. The Kier molecular flexibility index (Phi) is 8.21. The van der Waals surface area contributed by atoms with Crippen molar-refractivity contribution in [3.05, 3.63) is 76.5 Å². The van der Waals surface area contributed by atoms with Gasteiger partial charge in [-0.1, -0.05) is 24.3 Å². The maximum atomic E-state index is 12.9. The van der Waals surface area contributed by atoms with Crippen molar-refractivity contribution in [1.29, 1.82) is 0 Å². The molecule has 0 aliphatic heterocycles. The lowest BCUT2D eigenvalue weighted by atomic mass is 10.1. The van der Waals surface area contributed by atoms with Crippen LogP contribution in [0.25, 0.3) is 21.9 Å². The van der Waals surface area contributed by atoms with Crippen LogP contribution in [0.5, 0.6) is 17.2 Å². The molecule has 0 N–H and O–H groups in total. The molecule has 0 saturated heterocycles. The molecule has 0 saturated carbocycles. The topological polar surface area (TPSA) is 112 Å². The molecule has 0 fully saturated rings. The molecule has 0 radical (unpaired) electrons. The van der Waals surface area contributed by atoms with Crippen molar-refractivity contribution in [2.24, 2.45) is 0 Å². The summed E-state index contributed by atoms with van der Waals surface area (Å²) in [6.45, 7) is 0.128. The van der Waals surface area contributed by atoms with Crippen LogP contribution in [0.15, 0.2) is 69.9 Å². The number of hydrogen-bond acceptors (Lipinski definition) is 8. The molecule has 0 bridgehead atoms. The van der Waals surface area contributed by atoms with Gasteiger partial charge in [0.05, 0.1) is 44.4 Å². The number of fused-ring (bicyclic) bond motifs is 2. The highest BCUT2D eigenvalue weighted by molar-refractivity contribution is 7.88. The quantitative estimate of drug-likeness (QED) is 0.202. The zero-order valence-corrected chi connectivity index (χ0v) is 22.2. The lowest BCUT2D eigenvalue weighted by molar-refractivity contribution is -0.127. The summed E-state index contributed by atoms with van der Waals surface area (Å²) in [5.74, 6) is 0.812. The summed E-state index contributed by atoms with van der Waals surface area (Å²) in [7, 11) is -0.875. The molecule has 9 nitrogen and oxygen atoms in total. The second-order valence-electron chi connectivity index (χ2n) is 8.71. The van der Waals surface area contributed by atoms with Gasteiger partial charge in [-0.25, -0.2) is 12.7 Å². The number of nitrogens with zero attached hydrogens (tertiary/aromatic N) is 1. The molecule has 4 aromatic rings. The van der Waals surface area contributed by atoms with Crippen LogP contribution in [0, 0.1) is 0 Å². The van der Waals surface area contributed by atoms with Gasteiger partial charge in [0.2, 0.25) is 21.4 Å². The van der Waals surface area contributed by atoms with E-state index in [4.69, 9.17) is 18.6 Å². The van der Waals surface area contributed by atoms with Crippen molar-refractivity contribution in [1.82, 2.24) is 4.31 Å². The number of benzene rings is 3. The summed E-state index contributed by atoms with van der Waals surface area (Å²) in [5, 5.41) is 0.922. The van der Waals surface area contributed by atoms with Gasteiger partial charge in [-0.2, -0.15) is 0 Å². The summed E-state index contributed by atoms with van der Waals surface area (Å²) in [4.78, 5) is 25.7. The predicted molar refractivity (Wildman–Crippen MR) is 144 cm³/mol. The number of carbonyl (C=O) groups is 1. The van der Waals surface area contributed by atoms with Crippen molar-refractivity contribution >= 4 is 37.9 Å². The second kappa shape index (κ2) is 11.6. The second-order valence-corrected chi connectivity index (χ2v) is 10.6. The average Bonchev–Trinajstić information content (AvgIpc) is 2.90. The normalized spacial score (nSPS) is 11.4. The summed E-state index contributed by atoms with van der Waals surface area (Å²) < 4.78 is 47.9. The van der Waals surface area contributed by atoms with Crippen molar-refractivity contribution in [3.8, 4) is 17.2 Å². The Morgan fingerprint density at radius 3 is 2.42 bits per heavy atom. The zero-order chi connectivity index (χ0) is 27.3. The van der Waals surface area contributed by atoms with Gasteiger partial charge in [-0.15, -0.1) is 0 Å². The van der Waals surface area contributed by atoms with Crippen LogP contribution in [-0.2, 0) is 21.4 Å². The van der Waals surface area contributed by atoms with Crippen LogP contribution < -0.4 is 19.6 Å². The standard InChI is InChI=1S/C28H29NO8S/c1-34-25-12-8-9-19(28(25)35-2)18-29(38(3,32)33)26(30)13-6-7-16-36-20-14-15-24-22(17-20)27(31)21-10-4-5-11-23(21)37-24/h4-5,8-12,14-15,17H,6-7,13,16,18H2,1-3H3. The fourth-order valence-electron chi connectivity index (χ4n) is 4.19. The first kappa shape index (κ1) is 27.0. The number of para-hydroxylation sites is 2. The molecular weight excluding hydrogens is 510 g/mol. The summed E-state index contributed by atoms with van der Waals surface area (Å²) in [5.41, 5.74) is 1.38. The average molecular weight is 540 g/mol. The fraction of sp³-hybridized carbons (Fsp3) is 0.286. The minimum Gasteiger partial charge on any atom is -0.494 e. The molecule has 0 aliphatic rings. The molecule has 10 heteroatoms. The number of carbonyl (C=O) groups excluding carboxylic acids is 1. The number of unbranched alkanes of at least 4 members (excludes halogenated alkanes) is 1. The minimum atomic E-state index is -3.82. The Bertz CT molecular complexity index is 1630. The third kappa shape index (κ3) is 5.91. The molecule has 200 valence electrons. The minimum absolute atomic E-state index is 0.0238. The van der Waals surface area contributed by atoms with E-state index in [0.717, 1.165) is 10.6 Å². The van der Waals surface area contributed by atoms with E-state index in [2.05, 4.69) is 0 Å². The van der Waals surface area contributed by atoms with E-state index >= 15 is 0 Å². The van der Waals surface area contributed by atoms with Crippen molar-refractivity contribution in [2.75, 3.05) is 27.1 Å². The monoisotopic (exact) mass is 539 g/mol. The SMILES string of the molecule is COc1cccc(CN(C(=O)CCCCOc2ccc3oc4ccccc4c(=O)c3c2)S(C)(=O)=O)c1OC. The molecule has 0 atom stereocenters. The molecule has 1 amide bonds. The Balaban J connectivity index is 1.36. The highest BCUT2D eigenvalue weighted by Crippen LogP contribution is 2.32. The molecule has 38 heavy (non-hydrogen) atoms. The maximum Gasteiger partial charge on any atom is 0.236 e. The maximum absolute atomic E-state index is 12.9. The first-order chi connectivity index (χ1) is 18.2. The van der Waals surface area contributed by atoms with Gasteiger partial charge < -0.3 is 18.6 Å². The van der Waals surface area contributed by atoms with Crippen LogP contribution >= 0.6 is 0 Å². The van der Waals surface area contributed by atoms with E-state index in [-0.39, 0.29) is 18.4 Å².